The van der Waals surface area contributed by atoms with Crippen LogP contribution in [0.15, 0.2) is 49.1 Å². The third-order valence-electron chi connectivity index (χ3n) is 6.61. The summed E-state index contributed by atoms with van der Waals surface area (Å²) < 4.78 is 45.3. The van der Waals surface area contributed by atoms with E-state index in [9.17, 15) is 32.3 Å². The van der Waals surface area contributed by atoms with Crippen molar-refractivity contribution in [2.75, 3.05) is 26.7 Å². The maximum atomic E-state index is 13.3. The zero-order valence-corrected chi connectivity index (χ0v) is 23.2. The van der Waals surface area contributed by atoms with Gasteiger partial charge >= 0.3 is 6.18 Å². The lowest BCUT2D eigenvalue weighted by Crippen LogP contribution is -2.53. The van der Waals surface area contributed by atoms with Gasteiger partial charge in [0.15, 0.2) is 5.69 Å². The van der Waals surface area contributed by atoms with Crippen molar-refractivity contribution in [3.05, 3.63) is 66.0 Å². The van der Waals surface area contributed by atoms with E-state index < -0.39 is 54.0 Å². The van der Waals surface area contributed by atoms with Gasteiger partial charge in [-0.25, -0.2) is 4.98 Å². The SMILES string of the molecule is CN1CCOc2ccccc2C(=O)N[C@H](C(=O)NCCCn2ccc(C(F)(F)F)n2)CC(=O)N[C@@H](Cc2cnc[nH]2)C1=O. The Hall–Kier alpha value is -4.89. The van der Waals surface area contributed by atoms with E-state index in [0.717, 1.165) is 10.7 Å². The van der Waals surface area contributed by atoms with Crippen LogP contribution in [0.5, 0.6) is 5.75 Å². The highest BCUT2D eigenvalue weighted by molar-refractivity contribution is 6.01. The number of nitrogens with zero attached hydrogens (tertiary/aromatic N) is 4. The van der Waals surface area contributed by atoms with Gasteiger partial charge in [0, 0.05) is 44.6 Å². The summed E-state index contributed by atoms with van der Waals surface area (Å²) in [5, 5.41) is 11.3. The van der Waals surface area contributed by atoms with Gasteiger partial charge in [0.05, 0.1) is 24.9 Å². The lowest BCUT2D eigenvalue weighted by Gasteiger charge is -2.26. The number of likely N-dealkylation sites (N-methyl/N-ethyl adjacent to an activating group) is 1. The lowest BCUT2D eigenvalue weighted by molar-refractivity contribution is -0.141. The molecule has 16 heteroatoms. The number of aromatic amines is 1. The average molecular weight is 605 g/mol. The Morgan fingerprint density at radius 1 is 1.16 bits per heavy atom. The molecule has 3 aromatic rings. The van der Waals surface area contributed by atoms with Crippen LogP contribution in [-0.4, -0.2) is 87.1 Å². The highest BCUT2D eigenvalue weighted by atomic mass is 19.4. The second-order valence-electron chi connectivity index (χ2n) is 9.84. The number of aryl methyl sites for hydroxylation is 1. The van der Waals surface area contributed by atoms with Crippen molar-refractivity contribution >= 4 is 23.6 Å². The molecule has 1 aliphatic rings. The first-order chi connectivity index (χ1) is 20.5. The van der Waals surface area contributed by atoms with E-state index >= 15 is 0 Å². The highest BCUT2D eigenvalue weighted by Crippen LogP contribution is 2.27. The third-order valence-corrected chi connectivity index (χ3v) is 6.61. The summed E-state index contributed by atoms with van der Waals surface area (Å²) in [4.78, 5) is 61.0. The molecule has 43 heavy (non-hydrogen) atoms. The van der Waals surface area contributed by atoms with Crippen LogP contribution in [0, 0.1) is 0 Å². The molecule has 230 valence electrons. The molecule has 13 nitrogen and oxygen atoms in total. The molecule has 2 atom stereocenters. The number of fused-ring (bicyclic) bond motifs is 1. The minimum Gasteiger partial charge on any atom is -0.491 e. The van der Waals surface area contributed by atoms with E-state index in [-0.39, 0.29) is 50.4 Å². The molecule has 0 saturated heterocycles. The Morgan fingerprint density at radius 3 is 2.67 bits per heavy atom. The van der Waals surface area contributed by atoms with Gasteiger partial charge in [-0.05, 0) is 24.6 Å². The summed E-state index contributed by atoms with van der Waals surface area (Å²) >= 11 is 0. The Morgan fingerprint density at radius 2 is 1.95 bits per heavy atom. The van der Waals surface area contributed by atoms with Crippen LogP contribution in [0.2, 0.25) is 0 Å². The van der Waals surface area contributed by atoms with E-state index in [0.29, 0.717) is 5.69 Å². The highest BCUT2D eigenvalue weighted by Gasteiger charge is 2.33. The van der Waals surface area contributed by atoms with Gasteiger partial charge in [-0.1, -0.05) is 12.1 Å². The zero-order chi connectivity index (χ0) is 31.0. The van der Waals surface area contributed by atoms with E-state index in [1.807, 2.05) is 0 Å². The predicted octanol–water partition coefficient (Wildman–Crippen LogP) is 0.898. The first kappa shape index (κ1) is 31.1. The van der Waals surface area contributed by atoms with E-state index in [1.54, 1.807) is 25.2 Å². The van der Waals surface area contributed by atoms with Gasteiger partial charge in [-0.15, -0.1) is 0 Å². The molecule has 1 aromatic carbocycles. The quantitative estimate of drug-likeness (QED) is 0.291. The van der Waals surface area contributed by atoms with Crippen molar-refractivity contribution in [2.45, 2.75) is 44.1 Å². The van der Waals surface area contributed by atoms with Crippen molar-refractivity contribution in [2.24, 2.45) is 0 Å². The molecule has 1 aliphatic heterocycles. The lowest BCUT2D eigenvalue weighted by atomic mass is 10.1. The minimum atomic E-state index is -4.56. The van der Waals surface area contributed by atoms with Crippen LogP contribution < -0.4 is 20.7 Å². The topological polar surface area (TPSA) is 163 Å². The number of H-pyrrole nitrogens is 1. The molecule has 0 spiro atoms. The number of halogens is 3. The summed E-state index contributed by atoms with van der Waals surface area (Å²) in [6.45, 7) is 0.343. The number of carbonyl (C=O) groups is 4. The molecular formula is C27H31F3N8O5. The first-order valence-electron chi connectivity index (χ1n) is 13.4. The van der Waals surface area contributed by atoms with E-state index in [1.165, 1.54) is 29.7 Å². The largest absolute Gasteiger partial charge is 0.491 e. The van der Waals surface area contributed by atoms with E-state index in [4.69, 9.17) is 4.74 Å². The molecule has 3 heterocycles. The fourth-order valence-corrected chi connectivity index (χ4v) is 4.36. The second-order valence-corrected chi connectivity index (χ2v) is 9.84. The molecule has 0 radical (unpaired) electrons. The van der Waals surface area contributed by atoms with Gasteiger partial charge in [0.1, 0.15) is 24.4 Å². The zero-order valence-electron chi connectivity index (χ0n) is 23.2. The van der Waals surface area contributed by atoms with Crippen LogP contribution in [0.3, 0.4) is 0 Å². The Bertz CT molecular complexity index is 1430. The molecular weight excluding hydrogens is 573 g/mol. The number of hydrogen-bond acceptors (Lipinski definition) is 7. The van der Waals surface area contributed by atoms with Crippen molar-refractivity contribution in [1.82, 2.24) is 40.6 Å². The van der Waals surface area contributed by atoms with Gasteiger partial charge in [0.25, 0.3) is 5.91 Å². The Labute approximate surface area is 244 Å². The molecule has 0 unspecified atom stereocenters. The van der Waals surface area contributed by atoms with Crippen LogP contribution >= 0.6 is 0 Å². The number of carbonyl (C=O) groups excluding carboxylic acids is 4. The first-order valence-corrected chi connectivity index (χ1v) is 13.4. The maximum Gasteiger partial charge on any atom is 0.435 e. The molecule has 0 bridgehead atoms. The number of amides is 4. The van der Waals surface area contributed by atoms with E-state index in [2.05, 4.69) is 31.0 Å². The number of alkyl halides is 3. The number of imidazole rings is 1. The van der Waals surface area contributed by atoms with Gasteiger partial charge in [0.2, 0.25) is 17.7 Å². The molecule has 0 saturated carbocycles. The average Bonchev–Trinajstić information content (AvgIpc) is 3.66. The number of hydrogen-bond donors (Lipinski definition) is 4. The van der Waals surface area contributed by atoms with Crippen molar-refractivity contribution in [1.29, 1.82) is 0 Å². The van der Waals surface area contributed by atoms with Crippen molar-refractivity contribution < 1.29 is 37.1 Å². The molecule has 2 aromatic heterocycles. The van der Waals surface area contributed by atoms with Crippen LogP contribution in [0.25, 0.3) is 0 Å². The number of benzene rings is 1. The molecule has 4 N–H and O–H groups in total. The molecule has 0 fully saturated rings. The monoisotopic (exact) mass is 604 g/mol. The fraction of sp³-hybridized carbons (Fsp3) is 0.407. The number of rotatable bonds is 7. The summed E-state index contributed by atoms with van der Waals surface area (Å²) in [5.74, 6) is -2.18. The van der Waals surface area contributed by atoms with Gasteiger partial charge in [-0.3, -0.25) is 23.9 Å². The van der Waals surface area contributed by atoms with Crippen molar-refractivity contribution in [3.63, 3.8) is 0 Å². The number of nitrogens with one attached hydrogen (secondary N) is 4. The summed E-state index contributed by atoms with van der Waals surface area (Å²) in [6, 6.07) is 4.87. The smallest absolute Gasteiger partial charge is 0.435 e. The predicted molar refractivity (Wildman–Crippen MR) is 145 cm³/mol. The molecule has 0 aliphatic carbocycles. The fourth-order valence-electron chi connectivity index (χ4n) is 4.36. The number of aromatic nitrogens is 4. The van der Waals surface area contributed by atoms with Crippen LogP contribution in [0.1, 0.15) is 34.6 Å². The third kappa shape index (κ3) is 8.56. The van der Waals surface area contributed by atoms with Crippen LogP contribution in [0.4, 0.5) is 13.2 Å². The summed E-state index contributed by atoms with van der Waals surface area (Å²) in [5.41, 5.74) is -0.298. The Balaban J connectivity index is 1.48. The summed E-state index contributed by atoms with van der Waals surface area (Å²) in [7, 11) is 1.56. The second kappa shape index (κ2) is 13.8. The molecule has 4 rings (SSSR count). The number of para-hydroxylation sites is 1. The normalized spacial score (nSPS) is 18.6. The van der Waals surface area contributed by atoms with Gasteiger partial charge in [-0.2, -0.15) is 18.3 Å². The maximum absolute atomic E-state index is 13.3. The summed E-state index contributed by atoms with van der Waals surface area (Å²) in [6.07, 6.45) is -0.584. The Kier molecular flexibility index (Phi) is 10.0. The standard InChI is InChI=1S/C27H31F3N8O5/c1-37-11-12-43-21-6-3-2-5-18(21)24(40)35-19(14-23(39)34-20(26(37)42)13-17-15-31-16-33-17)25(41)32-8-4-9-38-10-7-22(36-38)27(28,29)30/h2-3,5-7,10,15-16,19-20H,4,8-9,11-14H2,1H3,(H,31,33)(H,32,41)(H,34,39)(H,35,40)/t19-,20-/m0/s1. The van der Waals surface area contributed by atoms with Gasteiger partial charge < -0.3 is 30.6 Å². The molecule has 4 amide bonds. The number of ether oxygens (including phenoxy) is 1. The minimum absolute atomic E-state index is 0.0272. The van der Waals surface area contributed by atoms with Crippen LogP contribution in [-0.2, 0) is 33.5 Å². The van der Waals surface area contributed by atoms with Crippen molar-refractivity contribution in [3.8, 4) is 5.75 Å².